The summed E-state index contributed by atoms with van der Waals surface area (Å²) in [6.45, 7) is 0. The second-order valence-electron chi connectivity index (χ2n) is 5.29. The quantitative estimate of drug-likeness (QED) is 0.636. The van der Waals surface area contributed by atoms with Crippen LogP contribution in [0.15, 0.2) is 71.8 Å². The number of rotatable bonds is 5. The lowest BCUT2D eigenvalue weighted by Crippen LogP contribution is -2.16. The highest BCUT2D eigenvalue weighted by molar-refractivity contribution is 7.92. The molecule has 3 aromatic rings. The van der Waals surface area contributed by atoms with E-state index in [2.05, 4.69) is 9.71 Å². The molecule has 0 unspecified atom stereocenters. The van der Waals surface area contributed by atoms with Crippen molar-refractivity contribution >= 4 is 44.7 Å². The highest BCUT2D eigenvalue weighted by Gasteiger charge is 2.20. The molecule has 3 rings (SSSR count). The number of halogens is 2. The fourth-order valence-corrected chi connectivity index (χ4v) is 3.62. The van der Waals surface area contributed by atoms with Crippen LogP contribution in [0.4, 0.5) is 5.69 Å². The summed E-state index contributed by atoms with van der Waals surface area (Å²) in [5, 5.41) is 0.722. The number of benzene rings is 2. The van der Waals surface area contributed by atoms with Gasteiger partial charge in [-0.25, -0.2) is 8.42 Å². The summed E-state index contributed by atoms with van der Waals surface area (Å²) in [4.78, 5) is 16.7. The minimum atomic E-state index is -3.91. The second-order valence-corrected chi connectivity index (χ2v) is 7.85. The van der Waals surface area contributed by atoms with Crippen molar-refractivity contribution in [3.8, 4) is 0 Å². The zero-order valence-corrected chi connectivity index (χ0v) is 15.5. The number of hydrogen-bond donors (Lipinski definition) is 1. The molecule has 0 aliphatic rings. The predicted molar refractivity (Wildman–Crippen MR) is 101 cm³/mol. The molecule has 0 radical (unpaired) electrons. The van der Waals surface area contributed by atoms with Gasteiger partial charge in [0.1, 0.15) is 5.69 Å². The maximum Gasteiger partial charge on any atom is 0.261 e. The first-order chi connectivity index (χ1) is 12.4. The van der Waals surface area contributed by atoms with Crippen molar-refractivity contribution in [3.63, 3.8) is 0 Å². The number of nitrogens with one attached hydrogen (secondary N) is 1. The van der Waals surface area contributed by atoms with Crippen LogP contribution in [-0.4, -0.2) is 19.2 Å². The average Bonchev–Trinajstić information content (AvgIpc) is 2.63. The van der Waals surface area contributed by atoms with Gasteiger partial charge in [-0.05, 0) is 54.6 Å². The SMILES string of the molecule is O=C(c1ccccn1)c1cc(Cl)ccc1NS(=O)(=O)c1ccc(Cl)cc1. The van der Waals surface area contributed by atoms with Gasteiger partial charge in [0, 0.05) is 21.8 Å². The molecule has 0 aliphatic heterocycles. The van der Waals surface area contributed by atoms with Gasteiger partial charge in [-0.3, -0.25) is 14.5 Å². The van der Waals surface area contributed by atoms with E-state index in [-0.39, 0.29) is 21.8 Å². The van der Waals surface area contributed by atoms with Crippen LogP contribution in [-0.2, 0) is 10.0 Å². The molecular weight excluding hydrogens is 395 g/mol. The van der Waals surface area contributed by atoms with E-state index >= 15 is 0 Å². The van der Waals surface area contributed by atoms with Gasteiger partial charge < -0.3 is 0 Å². The zero-order valence-electron chi connectivity index (χ0n) is 13.2. The lowest BCUT2D eigenvalue weighted by molar-refractivity contribution is 0.103. The molecule has 0 spiro atoms. The van der Waals surface area contributed by atoms with Gasteiger partial charge in [0.2, 0.25) is 5.78 Å². The van der Waals surface area contributed by atoms with Crippen LogP contribution in [0.3, 0.4) is 0 Å². The maximum atomic E-state index is 12.7. The number of nitrogens with zero attached hydrogens (tertiary/aromatic N) is 1. The third kappa shape index (κ3) is 4.04. The fourth-order valence-electron chi connectivity index (χ4n) is 2.25. The second kappa shape index (κ2) is 7.45. The summed E-state index contributed by atoms with van der Waals surface area (Å²) >= 11 is 11.8. The van der Waals surface area contributed by atoms with Crippen molar-refractivity contribution in [1.82, 2.24) is 4.98 Å². The first-order valence-electron chi connectivity index (χ1n) is 7.40. The molecular formula is C18H12Cl2N2O3S. The van der Waals surface area contributed by atoms with E-state index in [4.69, 9.17) is 23.2 Å². The van der Waals surface area contributed by atoms with Gasteiger partial charge >= 0.3 is 0 Å². The van der Waals surface area contributed by atoms with E-state index in [0.717, 1.165) is 0 Å². The van der Waals surface area contributed by atoms with Gasteiger partial charge in [-0.1, -0.05) is 29.3 Å². The van der Waals surface area contributed by atoms with Crippen LogP contribution >= 0.6 is 23.2 Å². The molecule has 0 aliphatic carbocycles. The first-order valence-corrected chi connectivity index (χ1v) is 9.64. The van der Waals surface area contributed by atoms with E-state index in [1.807, 2.05) is 0 Å². The highest BCUT2D eigenvalue weighted by Crippen LogP contribution is 2.26. The third-order valence-corrected chi connectivity index (χ3v) is 5.36. The van der Waals surface area contributed by atoms with E-state index < -0.39 is 15.8 Å². The van der Waals surface area contributed by atoms with Gasteiger partial charge in [-0.2, -0.15) is 0 Å². The highest BCUT2D eigenvalue weighted by atomic mass is 35.5. The largest absolute Gasteiger partial charge is 0.287 e. The minimum absolute atomic E-state index is 0.0214. The Kier molecular flexibility index (Phi) is 5.27. The van der Waals surface area contributed by atoms with Crippen LogP contribution < -0.4 is 4.72 Å². The summed E-state index contributed by atoms with van der Waals surface area (Å²) in [6, 6.07) is 14.9. The Morgan fingerprint density at radius 2 is 1.62 bits per heavy atom. The van der Waals surface area contributed by atoms with Crippen LogP contribution in [0.2, 0.25) is 10.0 Å². The molecule has 0 fully saturated rings. The van der Waals surface area contributed by atoms with E-state index in [0.29, 0.717) is 10.0 Å². The summed E-state index contributed by atoms with van der Waals surface area (Å²) in [5.74, 6) is -0.443. The van der Waals surface area contributed by atoms with E-state index in [1.165, 1.54) is 48.7 Å². The number of ketones is 1. The number of hydrogen-bond acceptors (Lipinski definition) is 4. The smallest absolute Gasteiger partial charge is 0.261 e. The van der Waals surface area contributed by atoms with Crippen LogP contribution in [0.5, 0.6) is 0 Å². The van der Waals surface area contributed by atoms with Crippen molar-refractivity contribution in [1.29, 1.82) is 0 Å². The number of carbonyl (C=O) groups excluding carboxylic acids is 1. The zero-order chi connectivity index (χ0) is 18.7. The molecule has 132 valence electrons. The standard InChI is InChI=1S/C18H12Cl2N2O3S/c19-12-4-7-14(8-5-12)26(24,25)22-16-9-6-13(20)11-15(16)18(23)17-3-1-2-10-21-17/h1-11,22H. The molecule has 0 amide bonds. The summed E-state index contributed by atoms with van der Waals surface area (Å²) in [7, 11) is -3.91. The fraction of sp³-hybridized carbons (Fsp3) is 0. The van der Waals surface area contributed by atoms with E-state index in [9.17, 15) is 13.2 Å². The molecule has 5 nitrogen and oxygen atoms in total. The molecule has 1 aromatic heterocycles. The molecule has 0 saturated carbocycles. The minimum Gasteiger partial charge on any atom is -0.287 e. The third-order valence-electron chi connectivity index (χ3n) is 3.49. The molecule has 0 saturated heterocycles. The Labute approximate surface area is 160 Å². The lowest BCUT2D eigenvalue weighted by Gasteiger charge is -2.12. The number of sulfonamides is 1. The summed E-state index contributed by atoms with van der Waals surface area (Å²) in [6.07, 6.45) is 1.48. The van der Waals surface area contributed by atoms with Crippen LogP contribution in [0.1, 0.15) is 16.1 Å². The van der Waals surface area contributed by atoms with E-state index in [1.54, 1.807) is 18.2 Å². The molecule has 1 heterocycles. The Morgan fingerprint density at radius 1 is 0.923 bits per heavy atom. The maximum absolute atomic E-state index is 12.7. The van der Waals surface area contributed by atoms with Gasteiger partial charge in [-0.15, -0.1) is 0 Å². The molecule has 26 heavy (non-hydrogen) atoms. The summed E-state index contributed by atoms with van der Waals surface area (Å²) in [5.41, 5.74) is 0.399. The van der Waals surface area contributed by atoms with Gasteiger partial charge in [0.25, 0.3) is 10.0 Å². The van der Waals surface area contributed by atoms with Gasteiger partial charge in [0.15, 0.2) is 0 Å². The number of aromatic nitrogens is 1. The Balaban J connectivity index is 2.01. The Bertz CT molecular complexity index is 1050. The molecule has 0 bridgehead atoms. The summed E-state index contributed by atoms with van der Waals surface area (Å²) < 4.78 is 27.6. The molecule has 1 N–H and O–H groups in total. The topological polar surface area (TPSA) is 76.1 Å². The Morgan fingerprint density at radius 3 is 2.27 bits per heavy atom. The van der Waals surface area contributed by atoms with Crippen LogP contribution in [0.25, 0.3) is 0 Å². The van der Waals surface area contributed by atoms with Crippen molar-refractivity contribution in [2.24, 2.45) is 0 Å². The molecule has 2 aromatic carbocycles. The molecule has 0 atom stereocenters. The van der Waals surface area contributed by atoms with Crippen molar-refractivity contribution < 1.29 is 13.2 Å². The lowest BCUT2D eigenvalue weighted by atomic mass is 10.1. The Hall–Kier alpha value is -2.41. The van der Waals surface area contributed by atoms with Gasteiger partial charge in [0.05, 0.1) is 10.6 Å². The van der Waals surface area contributed by atoms with Crippen molar-refractivity contribution in [2.45, 2.75) is 4.90 Å². The van der Waals surface area contributed by atoms with Crippen molar-refractivity contribution in [2.75, 3.05) is 4.72 Å². The predicted octanol–water partition coefficient (Wildman–Crippen LogP) is 4.42. The van der Waals surface area contributed by atoms with Crippen molar-refractivity contribution in [3.05, 3.63) is 88.2 Å². The molecule has 8 heteroatoms. The number of anilines is 1. The average molecular weight is 407 g/mol. The number of pyridine rings is 1. The van der Waals surface area contributed by atoms with Crippen LogP contribution in [0, 0.1) is 0 Å². The first kappa shape index (κ1) is 18.4. The normalized spacial score (nSPS) is 11.2. The monoisotopic (exact) mass is 406 g/mol. The number of carbonyl (C=O) groups is 1.